The molecule has 0 saturated carbocycles. The molecule has 1 N–H and O–H groups in total. The second kappa shape index (κ2) is 4.49. The zero-order valence-corrected chi connectivity index (χ0v) is 10.1. The van der Waals surface area contributed by atoms with Crippen molar-refractivity contribution in [2.24, 2.45) is 0 Å². The fourth-order valence-corrected chi connectivity index (χ4v) is 2.96. The highest BCUT2D eigenvalue weighted by Gasteiger charge is 2.05. The van der Waals surface area contributed by atoms with Crippen molar-refractivity contribution in [3.8, 4) is 0 Å². The van der Waals surface area contributed by atoms with Gasteiger partial charge in [0.05, 0.1) is 20.6 Å². The van der Waals surface area contributed by atoms with Gasteiger partial charge in [0.1, 0.15) is 0 Å². The number of hydrogen-bond acceptors (Lipinski definition) is 4. The summed E-state index contributed by atoms with van der Waals surface area (Å²) in [5.74, 6) is 0. The number of anilines is 1. The van der Waals surface area contributed by atoms with Gasteiger partial charge in [0, 0.05) is 17.5 Å². The Morgan fingerprint density at radius 1 is 1.43 bits per heavy atom. The normalized spacial score (nSPS) is 10.4. The monoisotopic (exact) mass is 264 g/mol. The summed E-state index contributed by atoms with van der Waals surface area (Å²) in [5, 5.41) is 5.15. The van der Waals surface area contributed by atoms with E-state index >= 15 is 0 Å². The fourth-order valence-electron chi connectivity index (χ4n) is 0.984. The van der Waals surface area contributed by atoms with Crippen molar-refractivity contribution in [3.05, 3.63) is 31.9 Å². The Morgan fingerprint density at radius 3 is 2.86 bits per heavy atom. The Balaban J connectivity index is 2.01. The highest BCUT2D eigenvalue weighted by molar-refractivity contribution is 7.20. The highest BCUT2D eigenvalue weighted by Crippen LogP contribution is 2.31. The number of halogens is 2. The second-order valence-corrected chi connectivity index (χ2v) is 5.56. The van der Waals surface area contributed by atoms with Gasteiger partial charge in [-0.05, 0) is 17.6 Å². The molecule has 0 spiro atoms. The van der Waals surface area contributed by atoms with Gasteiger partial charge in [0.2, 0.25) is 0 Å². The van der Waals surface area contributed by atoms with E-state index in [1.807, 2.05) is 11.4 Å². The molecule has 14 heavy (non-hydrogen) atoms. The summed E-state index contributed by atoms with van der Waals surface area (Å²) in [4.78, 5) is 0. The lowest BCUT2D eigenvalue weighted by Gasteiger charge is -2.00. The van der Waals surface area contributed by atoms with Crippen molar-refractivity contribution in [2.75, 3.05) is 5.32 Å². The molecule has 0 unspecified atom stereocenters. The highest BCUT2D eigenvalue weighted by atomic mass is 35.5. The van der Waals surface area contributed by atoms with Crippen molar-refractivity contribution in [3.63, 3.8) is 0 Å². The van der Waals surface area contributed by atoms with Crippen LogP contribution in [0.1, 0.15) is 5.56 Å². The summed E-state index contributed by atoms with van der Waals surface area (Å²) >= 11 is 14.6. The third-order valence-electron chi connectivity index (χ3n) is 1.64. The zero-order valence-electron chi connectivity index (χ0n) is 6.96. The maximum atomic E-state index is 5.97. The molecule has 2 rings (SSSR count). The molecule has 2 heterocycles. The van der Waals surface area contributed by atoms with Crippen molar-refractivity contribution < 1.29 is 0 Å². The van der Waals surface area contributed by atoms with Crippen LogP contribution in [0, 0.1) is 0 Å². The predicted molar refractivity (Wildman–Crippen MR) is 63.8 cm³/mol. The summed E-state index contributed by atoms with van der Waals surface area (Å²) in [7, 11) is 0. The van der Waals surface area contributed by atoms with E-state index in [0.717, 1.165) is 19.9 Å². The first-order valence-corrected chi connectivity index (χ1v) is 6.23. The van der Waals surface area contributed by atoms with Gasteiger partial charge >= 0.3 is 0 Å². The topological polar surface area (TPSA) is 24.9 Å². The number of rotatable bonds is 3. The third kappa shape index (κ3) is 2.39. The van der Waals surface area contributed by atoms with E-state index in [1.54, 1.807) is 6.20 Å². The van der Waals surface area contributed by atoms with E-state index in [1.165, 1.54) is 22.9 Å². The molecular formula is C8H6Cl2N2S2. The van der Waals surface area contributed by atoms with Gasteiger partial charge < -0.3 is 5.32 Å². The molecule has 0 atom stereocenters. The SMILES string of the molecule is Clc1cc(CNc2cnsc2)c(Cl)s1. The van der Waals surface area contributed by atoms with Gasteiger partial charge in [0.25, 0.3) is 0 Å². The summed E-state index contributed by atoms with van der Waals surface area (Å²) in [6.07, 6.45) is 1.78. The Morgan fingerprint density at radius 2 is 2.29 bits per heavy atom. The van der Waals surface area contributed by atoms with Gasteiger partial charge in [-0.3, -0.25) is 0 Å². The molecular weight excluding hydrogens is 259 g/mol. The van der Waals surface area contributed by atoms with Crippen LogP contribution in [0.25, 0.3) is 0 Å². The van der Waals surface area contributed by atoms with Crippen molar-refractivity contribution in [1.29, 1.82) is 0 Å². The van der Waals surface area contributed by atoms with E-state index in [2.05, 4.69) is 9.69 Å². The average molecular weight is 265 g/mol. The van der Waals surface area contributed by atoms with E-state index in [-0.39, 0.29) is 0 Å². The van der Waals surface area contributed by atoms with Crippen LogP contribution < -0.4 is 5.32 Å². The molecule has 0 aliphatic carbocycles. The average Bonchev–Trinajstić information content (AvgIpc) is 2.72. The van der Waals surface area contributed by atoms with Crippen molar-refractivity contribution in [2.45, 2.75) is 6.54 Å². The van der Waals surface area contributed by atoms with E-state index < -0.39 is 0 Å². The standard InChI is InChI=1S/C8H6Cl2N2S2/c9-7-1-5(8(10)14-7)2-11-6-3-12-13-4-6/h1,3-4,11H,2H2. The van der Waals surface area contributed by atoms with Crippen LogP contribution in [0.4, 0.5) is 5.69 Å². The van der Waals surface area contributed by atoms with Gasteiger partial charge in [-0.15, -0.1) is 11.3 Å². The maximum absolute atomic E-state index is 5.97. The van der Waals surface area contributed by atoms with Crippen LogP contribution in [-0.2, 0) is 6.54 Å². The van der Waals surface area contributed by atoms with E-state index in [0.29, 0.717) is 6.54 Å². The van der Waals surface area contributed by atoms with Gasteiger partial charge in [-0.1, -0.05) is 23.2 Å². The molecule has 0 saturated heterocycles. The number of hydrogen-bond donors (Lipinski definition) is 1. The molecule has 0 aliphatic rings. The molecule has 0 amide bonds. The molecule has 74 valence electrons. The molecule has 6 heteroatoms. The van der Waals surface area contributed by atoms with E-state index in [9.17, 15) is 0 Å². The Labute approximate surface area is 99.7 Å². The number of thiophene rings is 1. The minimum Gasteiger partial charge on any atom is -0.379 e. The molecule has 0 aromatic carbocycles. The van der Waals surface area contributed by atoms with Crippen molar-refractivity contribution >= 4 is 51.8 Å². The minimum atomic E-state index is 0.681. The molecule has 0 radical (unpaired) electrons. The van der Waals surface area contributed by atoms with Gasteiger partial charge in [-0.2, -0.15) is 4.37 Å². The Kier molecular flexibility index (Phi) is 3.28. The van der Waals surface area contributed by atoms with Gasteiger partial charge in [-0.25, -0.2) is 0 Å². The molecule has 2 aromatic heterocycles. The lowest BCUT2D eigenvalue weighted by Crippen LogP contribution is -1.96. The Bertz CT molecular complexity index is 411. The molecule has 2 nitrogen and oxygen atoms in total. The summed E-state index contributed by atoms with van der Waals surface area (Å²) in [6.45, 7) is 0.681. The first-order valence-electron chi connectivity index (χ1n) is 3.82. The second-order valence-electron chi connectivity index (χ2n) is 2.62. The first-order chi connectivity index (χ1) is 6.75. The van der Waals surface area contributed by atoms with Crippen LogP contribution >= 0.6 is 46.1 Å². The van der Waals surface area contributed by atoms with E-state index in [4.69, 9.17) is 23.2 Å². The molecule has 2 aromatic rings. The quantitative estimate of drug-likeness (QED) is 0.902. The zero-order chi connectivity index (χ0) is 9.97. The number of aromatic nitrogens is 1. The maximum Gasteiger partial charge on any atom is 0.0993 e. The smallest absolute Gasteiger partial charge is 0.0993 e. The molecule has 0 bridgehead atoms. The van der Waals surface area contributed by atoms with Crippen LogP contribution in [0.5, 0.6) is 0 Å². The number of nitrogens with zero attached hydrogens (tertiary/aromatic N) is 1. The summed E-state index contributed by atoms with van der Waals surface area (Å²) in [6, 6.07) is 1.88. The lowest BCUT2D eigenvalue weighted by atomic mass is 10.3. The predicted octanol–water partition coefficient (Wildman–Crippen LogP) is 4.12. The third-order valence-corrected chi connectivity index (χ3v) is 3.80. The fraction of sp³-hybridized carbons (Fsp3) is 0.125. The molecule has 0 aliphatic heterocycles. The minimum absolute atomic E-state index is 0.681. The number of nitrogens with one attached hydrogen (secondary N) is 1. The Hall–Kier alpha value is -0.290. The van der Waals surface area contributed by atoms with Crippen molar-refractivity contribution in [1.82, 2.24) is 4.37 Å². The van der Waals surface area contributed by atoms with Crippen LogP contribution in [0.2, 0.25) is 8.67 Å². The first kappa shape index (κ1) is 10.2. The lowest BCUT2D eigenvalue weighted by molar-refractivity contribution is 1.17. The van der Waals surface area contributed by atoms with Crippen LogP contribution in [0.15, 0.2) is 17.6 Å². The van der Waals surface area contributed by atoms with Crippen LogP contribution in [0.3, 0.4) is 0 Å². The van der Waals surface area contributed by atoms with Gasteiger partial charge in [0.15, 0.2) is 0 Å². The van der Waals surface area contributed by atoms with Crippen LogP contribution in [-0.4, -0.2) is 4.37 Å². The largest absolute Gasteiger partial charge is 0.379 e. The summed E-state index contributed by atoms with van der Waals surface area (Å²) in [5.41, 5.74) is 2.03. The molecule has 0 fully saturated rings. The summed E-state index contributed by atoms with van der Waals surface area (Å²) < 4.78 is 5.44.